The molecule has 0 radical (unpaired) electrons. The van der Waals surface area contributed by atoms with Gasteiger partial charge in [0.15, 0.2) is 0 Å². The van der Waals surface area contributed by atoms with E-state index in [1.807, 2.05) is 12.1 Å². The Morgan fingerprint density at radius 1 is 1.07 bits per heavy atom. The molecule has 0 aliphatic carbocycles. The summed E-state index contributed by atoms with van der Waals surface area (Å²) < 4.78 is 33.8. The fourth-order valence-corrected chi connectivity index (χ4v) is 4.93. The van der Waals surface area contributed by atoms with Crippen molar-refractivity contribution in [2.45, 2.75) is 11.4 Å². The molecule has 0 bridgehead atoms. The number of amides is 1. The highest BCUT2D eigenvalue weighted by molar-refractivity contribution is 9.11. The van der Waals surface area contributed by atoms with Crippen molar-refractivity contribution in [3.8, 4) is 5.75 Å². The molecule has 0 fully saturated rings. The average Bonchev–Trinajstić information content (AvgIpc) is 3.11. The number of rotatable bonds is 7. The molecule has 0 aliphatic heterocycles. The SMILES string of the molecule is COc1ccccc1NS(=O)(=O)c1ccc(C(=O)NCc2ccc(Br)s2)cc1. The number of methoxy groups -OCH3 is 1. The van der Waals surface area contributed by atoms with Crippen molar-refractivity contribution >= 4 is 48.9 Å². The normalized spacial score (nSPS) is 11.1. The number of carbonyl (C=O) groups excluding carboxylic acids is 1. The molecule has 28 heavy (non-hydrogen) atoms. The molecule has 6 nitrogen and oxygen atoms in total. The van der Waals surface area contributed by atoms with E-state index in [2.05, 4.69) is 26.0 Å². The fourth-order valence-electron chi connectivity index (χ4n) is 2.43. The van der Waals surface area contributed by atoms with Gasteiger partial charge in [0.2, 0.25) is 0 Å². The second kappa shape index (κ2) is 8.76. The van der Waals surface area contributed by atoms with Crippen LogP contribution in [0.5, 0.6) is 5.75 Å². The first-order valence-electron chi connectivity index (χ1n) is 8.17. The molecule has 1 aromatic heterocycles. The highest BCUT2D eigenvalue weighted by Gasteiger charge is 2.17. The minimum atomic E-state index is -3.81. The van der Waals surface area contributed by atoms with Crippen LogP contribution in [0.15, 0.2) is 69.3 Å². The summed E-state index contributed by atoms with van der Waals surface area (Å²) in [5.74, 6) is 0.147. The van der Waals surface area contributed by atoms with Crippen molar-refractivity contribution in [1.82, 2.24) is 5.32 Å². The highest BCUT2D eigenvalue weighted by Crippen LogP contribution is 2.26. The maximum Gasteiger partial charge on any atom is 0.262 e. The van der Waals surface area contributed by atoms with E-state index in [1.54, 1.807) is 24.3 Å². The summed E-state index contributed by atoms with van der Waals surface area (Å²) in [6.45, 7) is 0.407. The second-order valence-corrected chi connectivity index (χ2v) is 9.95. The lowest BCUT2D eigenvalue weighted by Crippen LogP contribution is -2.22. The van der Waals surface area contributed by atoms with Crippen LogP contribution >= 0.6 is 27.3 Å². The van der Waals surface area contributed by atoms with Gasteiger partial charge in [0, 0.05) is 10.4 Å². The van der Waals surface area contributed by atoms with E-state index in [9.17, 15) is 13.2 Å². The molecule has 0 saturated carbocycles. The molecule has 0 atom stereocenters. The maximum atomic E-state index is 12.6. The number of nitrogens with one attached hydrogen (secondary N) is 2. The van der Waals surface area contributed by atoms with E-state index < -0.39 is 10.0 Å². The Morgan fingerprint density at radius 3 is 2.43 bits per heavy atom. The van der Waals surface area contributed by atoms with Gasteiger partial charge >= 0.3 is 0 Å². The van der Waals surface area contributed by atoms with Gasteiger partial charge in [-0.2, -0.15) is 0 Å². The molecule has 0 spiro atoms. The summed E-state index contributed by atoms with van der Waals surface area (Å²) in [5.41, 5.74) is 0.723. The fraction of sp³-hybridized carbons (Fsp3) is 0.105. The Morgan fingerprint density at radius 2 is 1.79 bits per heavy atom. The van der Waals surface area contributed by atoms with Crippen LogP contribution in [0.3, 0.4) is 0 Å². The van der Waals surface area contributed by atoms with Crippen LogP contribution in [-0.4, -0.2) is 21.4 Å². The van der Waals surface area contributed by atoms with E-state index in [4.69, 9.17) is 4.74 Å². The predicted molar refractivity (Wildman–Crippen MR) is 113 cm³/mol. The standard InChI is InChI=1S/C19H17BrN2O4S2/c1-26-17-5-3-2-4-16(17)22-28(24,25)15-9-6-13(7-10-15)19(23)21-12-14-8-11-18(20)27-14/h2-11,22H,12H2,1H3,(H,21,23). The summed E-state index contributed by atoms with van der Waals surface area (Å²) >= 11 is 4.92. The van der Waals surface area contributed by atoms with Crippen LogP contribution in [0.25, 0.3) is 0 Å². The second-order valence-electron chi connectivity index (χ2n) is 5.72. The zero-order chi connectivity index (χ0) is 20.1. The van der Waals surface area contributed by atoms with Gasteiger partial charge in [0.05, 0.1) is 28.0 Å². The summed E-state index contributed by atoms with van der Waals surface area (Å²) in [6, 6.07) is 16.3. The predicted octanol–water partition coefficient (Wildman–Crippen LogP) is 4.25. The summed E-state index contributed by atoms with van der Waals surface area (Å²) in [7, 11) is -2.34. The van der Waals surface area contributed by atoms with Crippen LogP contribution in [-0.2, 0) is 16.6 Å². The van der Waals surface area contributed by atoms with Gasteiger partial charge in [0.25, 0.3) is 15.9 Å². The lowest BCUT2D eigenvalue weighted by Gasteiger charge is -2.12. The third kappa shape index (κ3) is 4.92. The van der Waals surface area contributed by atoms with Gasteiger partial charge < -0.3 is 10.1 Å². The average molecular weight is 481 g/mol. The summed E-state index contributed by atoms with van der Waals surface area (Å²) in [4.78, 5) is 13.3. The van der Waals surface area contributed by atoms with Crippen LogP contribution in [0.4, 0.5) is 5.69 Å². The summed E-state index contributed by atoms with van der Waals surface area (Å²) in [6.07, 6.45) is 0. The lowest BCUT2D eigenvalue weighted by molar-refractivity contribution is 0.0951. The van der Waals surface area contributed by atoms with Crippen LogP contribution in [0, 0.1) is 0 Å². The minimum absolute atomic E-state index is 0.0529. The summed E-state index contributed by atoms with van der Waals surface area (Å²) in [5, 5.41) is 2.81. The van der Waals surface area contributed by atoms with Crippen LogP contribution < -0.4 is 14.8 Å². The van der Waals surface area contributed by atoms with Crippen molar-refractivity contribution < 1.29 is 17.9 Å². The first-order chi connectivity index (χ1) is 13.4. The van der Waals surface area contributed by atoms with Crippen molar-refractivity contribution in [3.05, 3.63) is 74.9 Å². The highest BCUT2D eigenvalue weighted by atomic mass is 79.9. The minimum Gasteiger partial charge on any atom is -0.495 e. The Kier molecular flexibility index (Phi) is 6.38. The number of hydrogen-bond donors (Lipinski definition) is 2. The topological polar surface area (TPSA) is 84.5 Å². The molecular formula is C19H17BrN2O4S2. The molecule has 2 N–H and O–H groups in total. The van der Waals surface area contributed by atoms with Gasteiger partial charge in [-0.15, -0.1) is 11.3 Å². The first kappa shape index (κ1) is 20.4. The zero-order valence-electron chi connectivity index (χ0n) is 14.8. The van der Waals surface area contributed by atoms with Gasteiger partial charge in [-0.1, -0.05) is 12.1 Å². The number of thiophene rings is 1. The first-order valence-corrected chi connectivity index (χ1v) is 11.3. The zero-order valence-corrected chi connectivity index (χ0v) is 18.0. The van der Waals surface area contributed by atoms with E-state index in [0.29, 0.717) is 23.5 Å². The van der Waals surface area contributed by atoms with Crippen molar-refractivity contribution in [2.75, 3.05) is 11.8 Å². The molecule has 1 heterocycles. The molecule has 9 heteroatoms. The molecule has 146 valence electrons. The largest absolute Gasteiger partial charge is 0.495 e. The quantitative estimate of drug-likeness (QED) is 0.529. The lowest BCUT2D eigenvalue weighted by atomic mass is 10.2. The van der Waals surface area contributed by atoms with E-state index >= 15 is 0 Å². The number of carbonyl (C=O) groups is 1. The number of halogens is 1. The van der Waals surface area contributed by atoms with Crippen LogP contribution in [0.1, 0.15) is 15.2 Å². The number of anilines is 1. The Labute approximate surface area is 175 Å². The molecule has 0 saturated heterocycles. The van der Waals surface area contributed by atoms with Gasteiger partial charge in [-0.25, -0.2) is 8.42 Å². The Hall–Kier alpha value is -2.36. The Balaban J connectivity index is 1.69. The monoisotopic (exact) mass is 480 g/mol. The molecule has 0 aliphatic rings. The van der Waals surface area contributed by atoms with Gasteiger partial charge in [-0.3, -0.25) is 9.52 Å². The molecule has 0 unspecified atom stereocenters. The number of ether oxygens (including phenoxy) is 1. The number of hydrogen-bond acceptors (Lipinski definition) is 5. The van der Waals surface area contributed by atoms with Crippen molar-refractivity contribution in [2.24, 2.45) is 0 Å². The number of sulfonamides is 1. The van der Waals surface area contributed by atoms with E-state index in [-0.39, 0.29) is 10.8 Å². The molecule has 1 amide bonds. The third-order valence-electron chi connectivity index (χ3n) is 3.83. The smallest absolute Gasteiger partial charge is 0.262 e. The Bertz CT molecular complexity index is 1080. The molecule has 3 rings (SSSR count). The van der Waals surface area contributed by atoms with Crippen LogP contribution in [0.2, 0.25) is 0 Å². The third-order valence-corrected chi connectivity index (χ3v) is 6.84. The van der Waals surface area contributed by atoms with Crippen molar-refractivity contribution in [3.63, 3.8) is 0 Å². The number of benzene rings is 2. The van der Waals surface area contributed by atoms with Gasteiger partial charge in [0.1, 0.15) is 5.75 Å². The number of para-hydroxylation sites is 2. The maximum absolute atomic E-state index is 12.6. The van der Waals surface area contributed by atoms with Crippen molar-refractivity contribution in [1.29, 1.82) is 0 Å². The van der Waals surface area contributed by atoms with E-state index in [0.717, 1.165) is 8.66 Å². The molecular weight excluding hydrogens is 464 g/mol. The van der Waals surface area contributed by atoms with E-state index in [1.165, 1.54) is 42.7 Å². The molecule has 3 aromatic rings. The van der Waals surface area contributed by atoms with Gasteiger partial charge in [-0.05, 0) is 64.5 Å². The molecule has 2 aromatic carbocycles.